The molecule has 3 heteroatoms. The van der Waals surface area contributed by atoms with Crippen molar-refractivity contribution in [2.24, 2.45) is 0 Å². The summed E-state index contributed by atoms with van der Waals surface area (Å²) in [5.41, 5.74) is 2.39. The van der Waals surface area contributed by atoms with Crippen LogP contribution in [0, 0.1) is 6.92 Å². The third-order valence-electron chi connectivity index (χ3n) is 3.49. The average Bonchev–Trinajstić information content (AvgIpc) is 2.46. The van der Waals surface area contributed by atoms with Crippen LogP contribution in [-0.2, 0) is 6.54 Å². The van der Waals surface area contributed by atoms with Crippen molar-refractivity contribution in [1.29, 1.82) is 0 Å². The highest BCUT2D eigenvalue weighted by molar-refractivity contribution is 5.35. The number of nitrogens with zero attached hydrogens (tertiary/aromatic N) is 2. The molecule has 0 aliphatic carbocycles. The molecule has 1 aromatic carbocycles. The third kappa shape index (κ3) is 4.35. The molecule has 0 aliphatic heterocycles. The van der Waals surface area contributed by atoms with Gasteiger partial charge >= 0.3 is 0 Å². The predicted molar refractivity (Wildman–Crippen MR) is 84.8 cm³/mol. The third-order valence-corrected chi connectivity index (χ3v) is 3.49. The first-order valence-corrected chi connectivity index (χ1v) is 7.07. The Morgan fingerprint density at radius 1 is 1.10 bits per heavy atom. The van der Waals surface area contributed by atoms with Crippen molar-refractivity contribution in [3.63, 3.8) is 0 Å². The number of hydrogen-bond acceptors (Lipinski definition) is 3. The van der Waals surface area contributed by atoms with Gasteiger partial charge in [0.15, 0.2) is 0 Å². The quantitative estimate of drug-likeness (QED) is 0.872. The number of anilines is 1. The lowest BCUT2D eigenvalue weighted by Gasteiger charge is -2.25. The summed E-state index contributed by atoms with van der Waals surface area (Å²) in [6.45, 7) is 6.09. The highest BCUT2D eigenvalue weighted by Gasteiger charge is 2.09. The van der Waals surface area contributed by atoms with Gasteiger partial charge in [-0.3, -0.25) is 4.90 Å². The summed E-state index contributed by atoms with van der Waals surface area (Å²) in [5, 5.41) is 3.40. The molecule has 0 saturated heterocycles. The smallest absolute Gasteiger partial charge is 0.126 e. The second kappa shape index (κ2) is 7.06. The van der Waals surface area contributed by atoms with E-state index in [4.69, 9.17) is 0 Å². The van der Waals surface area contributed by atoms with Crippen molar-refractivity contribution < 1.29 is 0 Å². The van der Waals surface area contributed by atoms with E-state index in [-0.39, 0.29) is 0 Å². The number of nitrogens with one attached hydrogen (secondary N) is 1. The lowest BCUT2D eigenvalue weighted by atomic mass is 10.2. The fourth-order valence-electron chi connectivity index (χ4n) is 2.08. The highest BCUT2D eigenvalue weighted by Crippen LogP contribution is 2.08. The lowest BCUT2D eigenvalue weighted by molar-refractivity contribution is 0.259. The second-order valence-electron chi connectivity index (χ2n) is 5.29. The standard InChI is InChI=1S/C17H23N3/c1-14-8-7-11-17(19-14)18-12-15(2)20(3)13-16-9-5-4-6-10-16/h4-11,15H,12-13H2,1-3H3,(H,18,19). The SMILES string of the molecule is Cc1cccc(NCC(C)N(C)Cc2ccccc2)n1. The van der Waals surface area contributed by atoms with E-state index in [1.165, 1.54) is 5.56 Å². The van der Waals surface area contributed by atoms with Crippen LogP contribution in [0.3, 0.4) is 0 Å². The number of aryl methyl sites for hydroxylation is 1. The number of likely N-dealkylation sites (N-methyl/N-ethyl adjacent to an activating group) is 1. The van der Waals surface area contributed by atoms with Gasteiger partial charge in [-0.15, -0.1) is 0 Å². The van der Waals surface area contributed by atoms with Crippen LogP contribution in [0.5, 0.6) is 0 Å². The van der Waals surface area contributed by atoms with Crippen LogP contribution in [0.2, 0.25) is 0 Å². The maximum absolute atomic E-state index is 4.46. The van der Waals surface area contributed by atoms with E-state index < -0.39 is 0 Å². The molecular weight excluding hydrogens is 246 g/mol. The van der Waals surface area contributed by atoms with E-state index in [1.54, 1.807) is 0 Å². The molecule has 1 heterocycles. The molecule has 0 spiro atoms. The van der Waals surface area contributed by atoms with Gasteiger partial charge in [-0.05, 0) is 38.6 Å². The van der Waals surface area contributed by atoms with Crippen molar-refractivity contribution in [2.45, 2.75) is 26.4 Å². The van der Waals surface area contributed by atoms with E-state index in [0.717, 1.165) is 24.6 Å². The zero-order chi connectivity index (χ0) is 14.4. The number of hydrogen-bond donors (Lipinski definition) is 1. The number of aromatic nitrogens is 1. The lowest BCUT2D eigenvalue weighted by Crippen LogP contribution is -2.34. The van der Waals surface area contributed by atoms with Gasteiger partial charge in [0, 0.05) is 24.8 Å². The summed E-state index contributed by atoms with van der Waals surface area (Å²) in [4.78, 5) is 6.80. The fourth-order valence-corrected chi connectivity index (χ4v) is 2.08. The minimum absolute atomic E-state index is 0.442. The molecule has 1 aromatic heterocycles. The first-order chi connectivity index (χ1) is 9.65. The van der Waals surface area contributed by atoms with E-state index in [0.29, 0.717) is 6.04 Å². The number of rotatable bonds is 6. The van der Waals surface area contributed by atoms with Crippen molar-refractivity contribution in [3.05, 3.63) is 59.8 Å². The van der Waals surface area contributed by atoms with Crippen LogP contribution >= 0.6 is 0 Å². The Balaban J connectivity index is 1.83. The molecule has 20 heavy (non-hydrogen) atoms. The van der Waals surface area contributed by atoms with E-state index in [1.807, 2.05) is 25.1 Å². The van der Waals surface area contributed by atoms with Gasteiger partial charge in [0.1, 0.15) is 5.82 Å². The van der Waals surface area contributed by atoms with Crippen molar-refractivity contribution >= 4 is 5.82 Å². The molecule has 0 fully saturated rings. The Hall–Kier alpha value is -1.87. The Morgan fingerprint density at radius 2 is 1.85 bits per heavy atom. The van der Waals surface area contributed by atoms with Gasteiger partial charge in [0.25, 0.3) is 0 Å². The van der Waals surface area contributed by atoms with Gasteiger partial charge in [0.05, 0.1) is 0 Å². The van der Waals surface area contributed by atoms with Gasteiger partial charge < -0.3 is 5.32 Å². The molecule has 2 rings (SSSR count). The molecule has 1 atom stereocenters. The molecule has 1 unspecified atom stereocenters. The normalized spacial score (nSPS) is 12.4. The molecule has 1 N–H and O–H groups in total. The summed E-state index contributed by atoms with van der Waals surface area (Å²) >= 11 is 0. The fraction of sp³-hybridized carbons (Fsp3) is 0.353. The van der Waals surface area contributed by atoms with Crippen LogP contribution in [-0.4, -0.2) is 29.5 Å². The largest absolute Gasteiger partial charge is 0.369 e. The molecule has 3 nitrogen and oxygen atoms in total. The molecule has 2 aromatic rings. The maximum Gasteiger partial charge on any atom is 0.126 e. The van der Waals surface area contributed by atoms with Gasteiger partial charge in [-0.25, -0.2) is 4.98 Å². The molecule has 0 saturated carbocycles. The van der Waals surface area contributed by atoms with Crippen LogP contribution < -0.4 is 5.32 Å². The Morgan fingerprint density at radius 3 is 2.55 bits per heavy atom. The van der Waals surface area contributed by atoms with Crippen molar-refractivity contribution in [3.8, 4) is 0 Å². The van der Waals surface area contributed by atoms with Crippen LogP contribution in [0.15, 0.2) is 48.5 Å². The number of pyridine rings is 1. The summed E-state index contributed by atoms with van der Waals surface area (Å²) in [7, 11) is 2.16. The predicted octanol–water partition coefficient (Wildman–Crippen LogP) is 3.32. The van der Waals surface area contributed by atoms with Crippen LogP contribution in [0.1, 0.15) is 18.2 Å². The monoisotopic (exact) mass is 269 g/mol. The summed E-state index contributed by atoms with van der Waals surface area (Å²) in [5.74, 6) is 0.949. The highest BCUT2D eigenvalue weighted by atomic mass is 15.1. The number of benzene rings is 1. The summed E-state index contributed by atoms with van der Waals surface area (Å²) in [6, 6.07) is 17.1. The van der Waals surface area contributed by atoms with Crippen LogP contribution in [0.25, 0.3) is 0 Å². The van der Waals surface area contributed by atoms with Gasteiger partial charge in [-0.1, -0.05) is 36.4 Å². The zero-order valence-corrected chi connectivity index (χ0v) is 12.5. The molecule has 0 aliphatic rings. The van der Waals surface area contributed by atoms with Gasteiger partial charge in [-0.2, -0.15) is 0 Å². The first kappa shape index (κ1) is 14.5. The molecule has 106 valence electrons. The minimum atomic E-state index is 0.442. The van der Waals surface area contributed by atoms with Crippen molar-refractivity contribution in [2.75, 3.05) is 18.9 Å². The zero-order valence-electron chi connectivity index (χ0n) is 12.5. The van der Waals surface area contributed by atoms with Crippen molar-refractivity contribution in [1.82, 2.24) is 9.88 Å². The Bertz CT molecular complexity index is 525. The molecule has 0 bridgehead atoms. The molecule has 0 radical (unpaired) electrons. The maximum atomic E-state index is 4.46. The average molecular weight is 269 g/mol. The minimum Gasteiger partial charge on any atom is -0.369 e. The summed E-state index contributed by atoms with van der Waals surface area (Å²) < 4.78 is 0. The summed E-state index contributed by atoms with van der Waals surface area (Å²) in [6.07, 6.45) is 0. The van der Waals surface area contributed by atoms with E-state index in [9.17, 15) is 0 Å². The second-order valence-corrected chi connectivity index (χ2v) is 5.29. The van der Waals surface area contributed by atoms with Gasteiger partial charge in [0.2, 0.25) is 0 Å². The van der Waals surface area contributed by atoms with E-state index in [2.05, 4.69) is 59.5 Å². The topological polar surface area (TPSA) is 28.2 Å². The Labute approximate surface area is 121 Å². The molecule has 0 amide bonds. The molecular formula is C17H23N3. The van der Waals surface area contributed by atoms with Crippen LogP contribution in [0.4, 0.5) is 5.82 Å². The first-order valence-electron chi connectivity index (χ1n) is 7.07. The Kier molecular flexibility index (Phi) is 5.13. The van der Waals surface area contributed by atoms with E-state index >= 15 is 0 Å².